The van der Waals surface area contributed by atoms with E-state index in [1.807, 2.05) is 24.3 Å². The van der Waals surface area contributed by atoms with Gasteiger partial charge in [0.25, 0.3) is 5.91 Å². The van der Waals surface area contributed by atoms with E-state index < -0.39 is 46.8 Å². The lowest BCUT2D eigenvalue weighted by atomic mass is 9.99. The first-order valence-electron chi connectivity index (χ1n) is 15.3. The molecule has 0 spiro atoms. The van der Waals surface area contributed by atoms with E-state index in [9.17, 15) is 31.9 Å². The van der Waals surface area contributed by atoms with Gasteiger partial charge in [0.1, 0.15) is 5.56 Å². The van der Waals surface area contributed by atoms with Crippen molar-refractivity contribution >= 4 is 11.9 Å². The number of piperazine rings is 1. The second kappa shape index (κ2) is 14.7. The Balaban J connectivity index is 1.13. The minimum Gasteiger partial charge on any atom is -0.392 e. The number of nitrogens with zero attached hydrogens (tertiary/aromatic N) is 4. The van der Waals surface area contributed by atoms with Gasteiger partial charge in [-0.05, 0) is 22.8 Å². The zero-order valence-corrected chi connectivity index (χ0v) is 25.6. The van der Waals surface area contributed by atoms with Gasteiger partial charge in [0, 0.05) is 63.6 Å². The summed E-state index contributed by atoms with van der Waals surface area (Å²) >= 11 is 0. The number of aliphatic hydroxyl groups is 1. The highest BCUT2D eigenvalue weighted by Crippen LogP contribution is 2.38. The van der Waals surface area contributed by atoms with Crippen molar-refractivity contribution in [1.82, 2.24) is 20.2 Å². The molecule has 1 amide bonds. The average molecular weight is 670 g/mol. The van der Waals surface area contributed by atoms with Crippen LogP contribution in [0.3, 0.4) is 0 Å². The van der Waals surface area contributed by atoms with E-state index in [1.54, 1.807) is 42.7 Å². The van der Waals surface area contributed by atoms with Crippen molar-refractivity contribution in [2.24, 2.45) is 0 Å². The van der Waals surface area contributed by atoms with Gasteiger partial charge in [0.15, 0.2) is 29.6 Å². The number of rotatable bonds is 9. The number of aliphatic hydroxyl groups excluding tert-OH is 1. The SMILES string of the molecule is O=C(NCc1ccc([C@@H]2O[C@H](CN3CCN(c4ncccn4)CC3)C[C@H](c3ccc(CO)cc3)O2)cc1)c1c(F)c(F)c(F)c(F)c1F. The summed E-state index contributed by atoms with van der Waals surface area (Å²) in [5.41, 5.74) is 1.34. The Morgan fingerprint density at radius 1 is 0.792 bits per heavy atom. The van der Waals surface area contributed by atoms with Gasteiger partial charge in [0.2, 0.25) is 11.8 Å². The number of aromatic nitrogens is 2. The number of anilines is 1. The second-order valence-electron chi connectivity index (χ2n) is 11.6. The number of amides is 1. The van der Waals surface area contributed by atoms with Crippen molar-refractivity contribution < 1.29 is 41.3 Å². The summed E-state index contributed by atoms with van der Waals surface area (Å²) in [5.74, 6) is -11.9. The molecule has 4 aromatic rings. The zero-order valence-electron chi connectivity index (χ0n) is 25.6. The molecule has 2 saturated heterocycles. The van der Waals surface area contributed by atoms with Gasteiger partial charge in [-0.3, -0.25) is 9.69 Å². The quantitative estimate of drug-likeness (QED) is 0.147. The summed E-state index contributed by atoms with van der Waals surface area (Å²) in [4.78, 5) is 25.5. The van der Waals surface area contributed by atoms with Gasteiger partial charge in [-0.25, -0.2) is 31.9 Å². The van der Waals surface area contributed by atoms with E-state index in [2.05, 4.69) is 25.1 Å². The largest absolute Gasteiger partial charge is 0.392 e. The zero-order chi connectivity index (χ0) is 33.8. The maximum atomic E-state index is 14.1. The van der Waals surface area contributed by atoms with E-state index in [-0.39, 0.29) is 25.4 Å². The molecule has 3 heterocycles. The Morgan fingerprint density at radius 3 is 2.00 bits per heavy atom. The number of carbonyl (C=O) groups is 1. The number of nitrogens with one attached hydrogen (secondary N) is 1. The third-order valence-corrected chi connectivity index (χ3v) is 8.43. The van der Waals surface area contributed by atoms with Crippen LogP contribution in [0.4, 0.5) is 27.9 Å². The molecule has 0 saturated carbocycles. The predicted molar refractivity (Wildman–Crippen MR) is 163 cm³/mol. The first-order valence-corrected chi connectivity index (χ1v) is 15.3. The molecule has 1 aromatic heterocycles. The van der Waals surface area contributed by atoms with Crippen molar-refractivity contribution in [2.45, 2.75) is 38.1 Å². The van der Waals surface area contributed by atoms with Crippen LogP contribution in [0.25, 0.3) is 0 Å². The number of carbonyl (C=O) groups excluding carboxylic acids is 1. The standard InChI is InChI=1S/C34H32F5N5O4/c35-27-26(28(36)30(38)31(39)29(27)37)32(46)42-17-20-2-8-23(9-3-20)33-47-24(16-25(48-33)22-6-4-21(19-45)5-7-22)18-43-12-14-44(15-13-43)34-40-10-1-11-41-34/h1-11,24-25,33,45H,12-19H2,(H,42,46)/t24-,25+,33+/m0/s1. The van der Waals surface area contributed by atoms with Crippen LogP contribution in [0.2, 0.25) is 0 Å². The summed E-state index contributed by atoms with van der Waals surface area (Å²) < 4.78 is 81.5. The minimum absolute atomic E-state index is 0.0749. The third-order valence-electron chi connectivity index (χ3n) is 8.43. The van der Waals surface area contributed by atoms with Crippen molar-refractivity contribution in [2.75, 3.05) is 37.6 Å². The lowest BCUT2D eigenvalue weighted by Crippen LogP contribution is -2.50. The van der Waals surface area contributed by atoms with Gasteiger partial charge in [-0.2, -0.15) is 0 Å². The van der Waals surface area contributed by atoms with Crippen molar-refractivity contribution in [3.8, 4) is 0 Å². The van der Waals surface area contributed by atoms with Crippen LogP contribution in [0.15, 0.2) is 67.0 Å². The smallest absolute Gasteiger partial charge is 0.257 e. The first-order chi connectivity index (χ1) is 23.2. The molecule has 2 aliphatic heterocycles. The molecule has 0 radical (unpaired) electrons. The van der Waals surface area contributed by atoms with Crippen LogP contribution in [-0.4, -0.2) is 64.7 Å². The number of benzene rings is 3. The van der Waals surface area contributed by atoms with Crippen LogP contribution in [0.1, 0.15) is 51.4 Å². The lowest BCUT2D eigenvalue weighted by Gasteiger charge is -2.40. The fourth-order valence-electron chi connectivity index (χ4n) is 5.77. The molecule has 0 unspecified atom stereocenters. The van der Waals surface area contributed by atoms with Gasteiger partial charge >= 0.3 is 0 Å². The van der Waals surface area contributed by atoms with Crippen molar-refractivity contribution in [3.05, 3.63) is 124 Å². The molecular weight excluding hydrogens is 637 g/mol. The Labute approximate surface area is 272 Å². The molecule has 252 valence electrons. The molecule has 0 bridgehead atoms. The van der Waals surface area contributed by atoms with E-state index in [0.29, 0.717) is 30.0 Å². The molecular formula is C34H32F5N5O4. The lowest BCUT2D eigenvalue weighted by molar-refractivity contribution is -0.253. The number of halogens is 5. The van der Waals surface area contributed by atoms with Crippen LogP contribution in [0, 0.1) is 29.1 Å². The highest BCUT2D eigenvalue weighted by Gasteiger charge is 2.34. The molecule has 2 aliphatic rings. The van der Waals surface area contributed by atoms with E-state index in [4.69, 9.17) is 9.47 Å². The molecule has 14 heteroatoms. The highest BCUT2D eigenvalue weighted by molar-refractivity contribution is 5.94. The average Bonchev–Trinajstić information content (AvgIpc) is 3.13. The van der Waals surface area contributed by atoms with Crippen LogP contribution in [-0.2, 0) is 22.6 Å². The summed E-state index contributed by atoms with van der Waals surface area (Å²) in [7, 11) is 0. The highest BCUT2D eigenvalue weighted by atomic mass is 19.2. The molecule has 2 N–H and O–H groups in total. The number of ether oxygens (including phenoxy) is 2. The maximum Gasteiger partial charge on any atom is 0.257 e. The molecule has 48 heavy (non-hydrogen) atoms. The van der Waals surface area contributed by atoms with Gasteiger partial charge in [-0.1, -0.05) is 48.5 Å². The Bertz CT molecular complexity index is 1700. The fraction of sp³-hybridized carbons (Fsp3) is 0.324. The molecule has 6 rings (SSSR count). The Morgan fingerprint density at radius 2 is 1.38 bits per heavy atom. The van der Waals surface area contributed by atoms with Gasteiger partial charge in [0.05, 0.1) is 18.8 Å². The van der Waals surface area contributed by atoms with Gasteiger partial charge in [-0.15, -0.1) is 0 Å². The number of hydrogen-bond acceptors (Lipinski definition) is 8. The minimum atomic E-state index is -2.34. The third kappa shape index (κ3) is 7.31. The van der Waals surface area contributed by atoms with E-state index in [0.717, 1.165) is 37.3 Å². The van der Waals surface area contributed by atoms with Crippen LogP contribution < -0.4 is 10.2 Å². The molecule has 3 atom stereocenters. The van der Waals surface area contributed by atoms with Gasteiger partial charge < -0.3 is 24.8 Å². The summed E-state index contributed by atoms with van der Waals surface area (Å²) in [6.07, 6.45) is 2.80. The Hall–Kier alpha value is -4.50. The van der Waals surface area contributed by atoms with Crippen molar-refractivity contribution in [3.63, 3.8) is 0 Å². The topological polar surface area (TPSA) is 100 Å². The second-order valence-corrected chi connectivity index (χ2v) is 11.6. The molecule has 2 fully saturated rings. The predicted octanol–water partition coefficient (Wildman–Crippen LogP) is 4.96. The summed E-state index contributed by atoms with van der Waals surface area (Å²) in [5, 5.41) is 11.7. The summed E-state index contributed by atoms with van der Waals surface area (Å²) in [6.45, 7) is 3.48. The number of hydrogen-bond donors (Lipinski definition) is 2. The first kappa shape index (κ1) is 33.4. The van der Waals surface area contributed by atoms with Crippen molar-refractivity contribution in [1.29, 1.82) is 0 Å². The molecule has 3 aromatic carbocycles. The van der Waals surface area contributed by atoms with Crippen LogP contribution >= 0.6 is 0 Å². The van der Waals surface area contributed by atoms with E-state index >= 15 is 0 Å². The normalized spacial score (nSPS) is 20.1. The maximum absolute atomic E-state index is 14.1. The Kier molecular flexibility index (Phi) is 10.2. The fourth-order valence-corrected chi connectivity index (χ4v) is 5.77. The molecule has 0 aliphatic carbocycles. The molecule has 9 nitrogen and oxygen atoms in total. The van der Waals surface area contributed by atoms with E-state index in [1.165, 1.54) is 0 Å². The van der Waals surface area contributed by atoms with Crippen LogP contribution in [0.5, 0.6) is 0 Å². The monoisotopic (exact) mass is 669 g/mol. The summed E-state index contributed by atoms with van der Waals surface area (Å²) in [6, 6.07) is 16.0.